The molecule has 1 unspecified atom stereocenters. The third-order valence-electron chi connectivity index (χ3n) is 3.63. The molecule has 0 aliphatic rings. The van der Waals surface area contributed by atoms with Gasteiger partial charge in [-0.2, -0.15) is 0 Å². The second kappa shape index (κ2) is 7.90. The molecule has 116 valence electrons. The molecular formula is C18H21NO2S. The standard InChI is InChI=1S/C18H21NO2S/c1-3-19(2)17(20)14-22(21)18(15-10-6-4-7-11-15)16-12-8-5-9-13-16/h4-13,18H,3,14H2,1-2H3. The van der Waals surface area contributed by atoms with Gasteiger partial charge in [-0.1, -0.05) is 60.7 Å². The predicted octanol–water partition coefficient (Wildman–Crippen LogP) is 3.00. The molecule has 2 aromatic rings. The van der Waals surface area contributed by atoms with Gasteiger partial charge in [-0.05, 0) is 18.1 Å². The van der Waals surface area contributed by atoms with Crippen molar-refractivity contribution in [2.24, 2.45) is 0 Å². The quantitative estimate of drug-likeness (QED) is 0.822. The van der Waals surface area contributed by atoms with E-state index in [0.29, 0.717) is 6.54 Å². The van der Waals surface area contributed by atoms with Crippen molar-refractivity contribution >= 4 is 16.7 Å². The van der Waals surface area contributed by atoms with Crippen molar-refractivity contribution in [1.82, 2.24) is 4.90 Å². The highest BCUT2D eigenvalue weighted by Crippen LogP contribution is 2.28. The van der Waals surface area contributed by atoms with Crippen LogP contribution in [0.5, 0.6) is 0 Å². The van der Waals surface area contributed by atoms with Crippen LogP contribution in [0.1, 0.15) is 23.3 Å². The zero-order chi connectivity index (χ0) is 15.9. The van der Waals surface area contributed by atoms with Gasteiger partial charge in [0, 0.05) is 24.4 Å². The third-order valence-corrected chi connectivity index (χ3v) is 5.23. The fourth-order valence-corrected chi connectivity index (χ4v) is 3.80. The maximum atomic E-state index is 12.8. The van der Waals surface area contributed by atoms with Crippen molar-refractivity contribution in [2.75, 3.05) is 19.3 Å². The van der Waals surface area contributed by atoms with Crippen LogP contribution >= 0.6 is 0 Å². The highest BCUT2D eigenvalue weighted by molar-refractivity contribution is 7.86. The van der Waals surface area contributed by atoms with Gasteiger partial charge in [0.05, 0.1) is 5.25 Å². The summed E-state index contributed by atoms with van der Waals surface area (Å²) in [6, 6.07) is 19.4. The first-order chi connectivity index (χ1) is 10.6. The zero-order valence-electron chi connectivity index (χ0n) is 12.9. The van der Waals surface area contributed by atoms with E-state index in [-0.39, 0.29) is 16.9 Å². The van der Waals surface area contributed by atoms with Crippen molar-refractivity contribution in [3.05, 3.63) is 71.8 Å². The molecule has 0 aromatic heterocycles. The lowest BCUT2D eigenvalue weighted by Crippen LogP contribution is -2.31. The van der Waals surface area contributed by atoms with Crippen molar-refractivity contribution in [2.45, 2.75) is 12.2 Å². The van der Waals surface area contributed by atoms with Gasteiger partial charge in [0.2, 0.25) is 5.91 Å². The Balaban J connectivity index is 2.29. The van der Waals surface area contributed by atoms with Crippen LogP contribution in [-0.2, 0) is 15.6 Å². The molecule has 0 saturated heterocycles. The van der Waals surface area contributed by atoms with Crippen LogP contribution in [0.2, 0.25) is 0 Å². The number of amides is 1. The minimum atomic E-state index is -1.30. The Kier molecular flexibility index (Phi) is 5.90. The summed E-state index contributed by atoms with van der Waals surface area (Å²) in [6.07, 6.45) is 0. The smallest absolute Gasteiger partial charge is 0.234 e. The first-order valence-corrected chi connectivity index (χ1v) is 8.72. The van der Waals surface area contributed by atoms with Gasteiger partial charge in [-0.15, -0.1) is 0 Å². The van der Waals surface area contributed by atoms with E-state index in [9.17, 15) is 9.00 Å². The Morgan fingerprint density at radius 3 is 1.86 bits per heavy atom. The van der Waals surface area contributed by atoms with E-state index in [0.717, 1.165) is 11.1 Å². The molecule has 0 aliphatic carbocycles. The van der Waals surface area contributed by atoms with Crippen LogP contribution in [0.4, 0.5) is 0 Å². The highest BCUT2D eigenvalue weighted by Gasteiger charge is 2.24. The van der Waals surface area contributed by atoms with Crippen LogP contribution in [0, 0.1) is 0 Å². The minimum Gasteiger partial charge on any atom is -0.345 e. The molecule has 1 amide bonds. The summed E-state index contributed by atoms with van der Waals surface area (Å²) in [4.78, 5) is 13.7. The molecule has 4 heteroatoms. The van der Waals surface area contributed by atoms with Gasteiger partial charge in [-0.25, -0.2) is 0 Å². The van der Waals surface area contributed by atoms with Crippen LogP contribution in [0.3, 0.4) is 0 Å². The van der Waals surface area contributed by atoms with Crippen molar-refractivity contribution in [3.63, 3.8) is 0 Å². The van der Waals surface area contributed by atoms with Gasteiger partial charge in [0.15, 0.2) is 0 Å². The van der Waals surface area contributed by atoms with Gasteiger partial charge >= 0.3 is 0 Å². The van der Waals surface area contributed by atoms with Crippen molar-refractivity contribution in [3.8, 4) is 0 Å². The first kappa shape index (κ1) is 16.4. The van der Waals surface area contributed by atoms with E-state index >= 15 is 0 Å². The molecule has 0 radical (unpaired) electrons. The van der Waals surface area contributed by atoms with E-state index in [1.54, 1.807) is 11.9 Å². The summed E-state index contributed by atoms with van der Waals surface area (Å²) in [5.41, 5.74) is 1.94. The summed E-state index contributed by atoms with van der Waals surface area (Å²) >= 11 is 0. The molecule has 0 aliphatic heterocycles. The lowest BCUT2D eigenvalue weighted by Gasteiger charge is -2.20. The summed E-state index contributed by atoms with van der Waals surface area (Å²) in [6.45, 7) is 2.53. The highest BCUT2D eigenvalue weighted by atomic mass is 32.2. The zero-order valence-corrected chi connectivity index (χ0v) is 13.8. The number of hydrogen-bond acceptors (Lipinski definition) is 2. The lowest BCUT2D eigenvalue weighted by atomic mass is 10.0. The van der Waals surface area contributed by atoms with Crippen LogP contribution in [0.15, 0.2) is 60.7 Å². The second-order valence-corrected chi connectivity index (χ2v) is 6.66. The molecule has 2 rings (SSSR count). The molecule has 0 bridgehead atoms. The molecular weight excluding hydrogens is 294 g/mol. The SMILES string of the molecule is CCN(C)C(=O)CS(=O)C(c1ccccc1)c1ccccc1. The summed E-state index contributed by atoms with van der Waals surface area (Å²) < 4.78 is 12.8. The Bertz CT molecular complexity index is 589. The number of nitrogens with zero attached hydrogens (tertiary/aromatic N) is 1. The topological polar surface area (TPSA) is 37.4 Å². The molecule has 3 nitrogen and oxygen atoms in total. The van der Waals surface area contributed by atoms with E-state index in [1.165, 1.54) is 0 Å². The van der Waals surface area contributed by atoms with Crippen molar-refractivity contribution in [1.29, 1.82) is 0 Å². The van der Waals surface area contributed by atoms with Gasteiger partial charge in [0.1, 0.15) is 5.75 Å². The average molecular weight is 315 g/mol. The number of rotatable bonds is 6. The normalized spacial score (nSPS) is 12.1. The monoisotopic (exact) mass is 315 g/mol. The Labute approximate surface area is 134 Å². The maximum Gasteiger partial charge on any atom is 0.234 e. The van der Waals surface area contributed by atoms with E-state index in [4.69, 9.17) is 0 Å². The van der Waals surface area contributed by atoms with Crippen LogP contribution in [0.25, 0.3) is 0 Å². The number of carbonyl (C=O) groups is 1. The molecule has 22 heavy (non-hydrogen) atoms. The predicted molar refractivity (Wildman–Crippen MR) is 91.0 cm³/mol. The largest absolute Gasteiger partial charge is 0.345 e. The third kappa shape index (κ3) is 4.04. The van der Waals surface area contributed by atoms with Crippen LogP contribution < -0.4 is 0 Å². The van der Waals surface area contributed by atoms with E-state index in [2.05, 4.69) is 0 Å². The summed E-state index contributed by atoms with van der Waals surface area (Å²) in [5.74, 6) is -0.0450. The Morgan fingerprint density at radius 1 is 1.00 bits per heavy atom. The maximum absolute atomic E-state index is 12.8. The number of carbonyl (C=O) groups excluding carboxylic acids is 1. The second-order valence-electron chi connectivity index (χ2n) is 5.13. The lowest BCUT2D eigenvalue weighted by molar-refractivity contribution is -0.126. The van der Waals surface area contributed by atoms with Crippen LogP contribution in [-0.4, -0.2) is 34.4 Å². The van der Waals surface area contributed by atoms with Gasteiger partial charge in [0.25, 0.3) is 0 Å². The molecule has 0 fully saturated rings. The first-order valence-electron chi connectivity index (χ1n) is 7.34. The molecule has 2 aromatic carbocycles. The Hall–Kier alpha value is -1.94. The Morgan fingerprint density at radius 2 is 1.45 bits per heavy atom. The minimum absolute atomic E-state index is 0.0405. The summed E-state index contributed by atoms with van der Waals surface area (Å²) in [7, 11) is 0.432. The van der Waals surface area contributed by atoms with Crippen molar-refractivity contribution < 1.29 is 9.00 Å². The molecule has 0 N–H and O–H groups in total. The molecule has 0 spiro atoms. The number of hydrogen-bond donors (Lipinski definition) is 0. The van der Waals surface area contributed by atoms with E-state index < -0.39 is 10.8 Å². The fourth-order valence-electron chi connectivity index (χ4n) is 2.24. The van der Waals surface area contributed by atoms with Gasteiger partial charge < -0.3 is 4.90 Å². The average Bonchev–Trinajstić information content (AvgIpc) is 2.56. The fraction of sp³-hybridized carbons (Fsp3) is 0.278. The van der Waals surface area contributed by atoms with Gasteiger partial charge in [-0.3, -0.25) is 9.00 Å². The molecule has 0 saturated carbocycles. The van der Waals surface area contributed by atoms with E-state index in [1.807, 2.05) is 67.6 Å². The molecule has 1 atom stereocenters. The number of benzene rings is 2. The molecule has 0 heterocycles. The summed E-state index contributed by atoms with van der Waals surface area (Å²) in [5, 5.41) is -0.281.